The van der Waals surface area contributed by atoms with E-state index in [0.717, 1.165) is 16.7 Å². The summed E-state index contributed by atoms with van der Waals surface area (Å²) in [5.41, 5.74) is 3.22. The molecule has 2 aromatic carbocycles. The number of benzene rings is 2. The van der Waals surface area contributed by atoms with Crippen LogP contribution in [0.25, 0.3) is 0 Å². The summed E-state index contributed by atoms with van der Waals surface area (Å²) in [5, 5.41) is 2.92. The van der Waals surface area contributed by atoms with Gasteiger partial charge in [-0.2, -0.15) is 0 Å². The minimum Gasteiger partial charge on any atom is -0.484 e. The fourth-order valence-electron chi connectivity index (χ4n) is 2.90. The van der Waals surface area contributed by atoms with E-state index < -0.39 is 6.04 Å². The highest BCUT2D eigenvalue weighted by molar-refractivity contribution is 5.87. The Bertz CT molecular complexity index is 815. The van der Waals surface area contributed by atoms with Crippen LogP contribution in [0.2, 0.25) is 0 Å². The van der Waals surface area contributed by atoms with Gasteiger partial charge in [-0.25, -0.2) is 0 Å². The molecule has 0 aliphatic rings. The van der Waals surface area contributed by atoms with Gasteiger partial charge >= 0.3 is 0 Å². The van der Waals surface area contributed by atoms with Gasteiger partial charge in [0.2, 0.25) is 5.91 Å². The van der Waals surface area contributed by atoms with E-state index in [4.69, 9.17) is 4.74 Å². The molecule has 0 aliphatic heterocycles. The number of carbonyl (C=O) groups excluding carboxylic acids is 2. The number of nitrogens with zero attached hydrogens (tertiary/aromatic N) is 1. The summed E-state index contributed by atoms with van der Waals surface area (Å²) < 4.78 is 5.67. The summed E-state index contributed by atoms with van der Waals surface area (Å²) in [5.74, 6) is 0.600. The van der Waals surface area contributed by atoms with Crippen molar-refractivity contribution in [2.24, 2.45) is 5.92 Å². The monoisotopic (exact) mass is 396 g/mol. The number of hydrogen-bond acceptors (Lipinski definition) is 3. The lowest BCUT2D eigenvalue weighted by Crippen LogP contribution is -2.49. The van der Waals surface area contributed by atoms with E-state index in [1.807, 2.05) is 76.2 Å². The largest absolute Gasteiger partial charge is 0.484 e. The third-order valence-electron chi connectivity index (χ3n) is 4.67. The molecule has 0 aromatic heterocycles. The van der Waals surface area contributed by atoms with Crippen LogP contribution in [0.3, 0.4) is 0 Å². The first-order chi connectivity index (χ1) is 13.8. The van der Waals surface area contributed by atoms with E-state index in [1.165, 1.54) is 0 Å². The molecule has 5 heteroatoms. The summed E-state index contributed by atoms with van der Waals surface area (Å²) in [6.45, 7) is 10.7. The number of hydrogen-bond donors (Lipinski definition) is 1. The average Bonchev–Trinajstić information content (AvgIpc) is 2.69. The van der Waals surface area contributed by atoms with Crippen molar-refractivity contribution in [1.29, 1.82) is 0 Å². The number of rotatable bonds is 9. The number of ether oxygens (including phenoxy) is 1. The molecule has 0 bridgehead atoms. The maximum absolute atomic E-state index is 13.0. The second-order valence-electron chi connectivity index (χ2n) is 7.93. The van der Waals surface area contributed by atoms with Gasteiger partial charge in [0.15, 0.2) is 6.61 Å². The van der Waals surface area contributed by atoms with Gasteiger partial charge < -0.3 is 15.0 Å². The zero-order valence-electron chi connectivity index (χ0n) is 18.1. The number of aryl methyl sites for hydroxylation is 2. The Morgan fingerprint density at radius 2 is 1.69 bits per heavy atom. The van der Waals surface area contributed by atoms with Crippen LogP contribution < -0.4 is 10.1 Å². The zero-order valence-corrected chi connectivity index (χ0v) is 18.1. The number of nitrogens with one attached hydrogen (secondary N) is 1. The number of amides is 2. The van der Waals surface area contributed by atoms with Crippen molar-refractivity contribution in [3.63, 3.8) is 0 Å². The van der Waals surface area contributed by atoms with Crippen LogP contribution in [0.15, 0.2) is 48.5 Å². The van der Waals surface area contributed by atoms with Crippen molar-refractivity contribution in [2.75, 3.05) is 13.2 Å². The third-order valence-corrected chi connectivity index (χ3v) is 4.67. The van der Waals surface area contributed by atoms with Crippen molar-refractivity contribution in [3.8, 4) is 5.75 Å². The lowest BCUT2D eigenvalue weighted by Gasteiger charge is -2.29. The average molecular weight is 397 g/mol. The first-order valence-corrected chi connectivity index (χ1v) is 10.1. The minimum absolute atomic E-state index is 0.114. The SMILES string of the molecule is Cc1ccc(OCC(=O)N(Cc2cccc(C)c2)[C@@H](C)C(=O)NCC(C)C)cc1. The van der Waals surface area contributed by atoms with Crippen LogP contribution in [-0.2, 0) is 16.1 Å². The van der Waals surface area contributed by atoms with Crippen LogP contribution in [0.4, 0.5) is 0 Å². The maximum Gasteiger partial charge on any atom is 0.261 e. The predicted octanol–water partition coefficient (Wildman–Crippen LogP) is 3.87. The molecule has 0 unspecified atom stereocenters. The highest BCUT2D eigenvalue weighted by atomic mass is 16.5. The summed E-state index contributed by atoms with van der Waals surface area (Å²) in [6, 6.07) is 14.9. The molecule has 0 heterocycles. The summed E-state index contributed by atoms with van der Waals surface area (Å²) in [4.78, 5) is 27.2. The van der Waals surface area contributed by atoms with Crippen molar-refractivity contribution < 1.29 is 14.3 Å². The first kappa shape index (κ1) is 22.5. The topological polar surface area (TPSA) is 58.6 Å². The molecule has 0 saturated carbocycles. The molecular formula is C24H32N2O3. The lowest BCUT2D eigenvalue weighted by molar-refractivity contribution is -0.142. The zero-order chi connectivity index (χ0) is 21.4. The van der Waals surface area contributed by atoms with Crippen LogP contribution in [0, 0.1) is 19.8 Å². The van der Waals surface area contributed by atoms with Crippen molar-refractivity contribution >= 4 is 11.8 Å². The van der Waals surface area contributed by atoms with E-state index in [2.05, 4.69) is 5.32 Å². The third kappa shape index (κ3) is 7.26. The highest BCUT2D eigenvalue weighted by Crippen LogP contribution is 2.14. The molecule has 5 nitrogen and oxygen atoms in total. The molecule has 0 fully saturated rings. The maximum atomic E-state index is 13.0. The molecule has 0 radical (unpaired) electrons. The van der Waals surface area contributed by atoms with E-state index in [0.29, 0.717) is 24.8 Å². The van der Waals surface area contributed by atoms with Crippen LogP contribution in [0.5, 0.6) is 5.75 Å². The second-order valence-corrected chi connectivity index (χ2v) is 7.93. The van der Waals surface area contributed by atoms with Gasteiger partial charge in [-0.15, -0.1) is 0 Å². The predicted molar refractivity (Wildman–Crippen MR) is 116 cm³/mol. The summed E-state index contributed by atoms with van der Waals surface area (Å²) in [7, 11) is 0. The van der Waals surface area contributed by atoms with Gasteiger partial charge in [0.1, 0.15) is 11.8 Å². The molecule has 1 N–H and O–H groups in total. The Morgan fingerprint density at radius 3 is 2.31 bits per heavy atom. The van der Waals surface area contributed by atoms with Crippen LogP contribution in [0.1, 0.15) is 37.5 Å². The molecule has 2 rings (SSSR count). The summed E-state index contributed by atoms with van der Waals surface area (Å²) in [6.07, 6.45) is 0. The van der Waals surface area contributed by atoms with Crippen LogP contribution >= 0.6 is 0 Å². The smallest absolute Gasteiger partial charge is 0.261 e. The van der Waals surface area contributed by atoms with Crippen molar-refractivity contribution in [2.45, 2.75) is 47.2 Å². The summed E-state index contributed by atoms with van der Waals surface area (Å²) >= 11 is 0. The second kappa shape index (κ2) is 10.6. The Labute approximate surface area is 174 Å². The standard InChI is InChI=1S/C24H32N2O3/c1-17(2)14-25-24(28)20(5)26(15-21-8-6-7-19(4)13-21)23(27)16-29-22-11-9-18(3)10-12-22/h6-13,17,20H,14-16H2,1-5H3,(H,25,28)/t20-/m0/s1. The Morgan fingerprint density at radius 1 is 1.00 bits per heavy atom. The molecule has 0 spiro atoms. The molecule has 2 amide bonds. The van der Waals surface area contributed by atoms with Gasteiger partial charge in [-0.3, -0.25) is 9.59 Å². The molecular weight excluding hydrogens is 364 g/mol. The van der Waals surface area contributed by atoms with E-state index in [1.54, 1.807) is 11.8 Å². The van der Waals surface area contributed by atoms with E-state index in [9.17, 15) is 9.59 Å². The quantitative estimate of drug-likeness (QED) is 0.700. The van der Waals surface area contributed by atoms with Gasteiger partial charge in [-0.05, 0) is 44.4 Å². The fraction of sp³-hybridized carbons (Fsp3) is 0.417. The molecule has 156 valence electrons. The number of carbonyl (C=O) groups is 2. The Hall–Kier alpha value is -2.82. The molecule has 1 atom stereocenters. The van der Waals surface area contributed by atoms with E-state index >= 15 is 0 Å². The Balaban J connectivity index is 2.12. The van der Waals surface area contributed by atoms with Crippen LogP contribution in [-0.4, -0.2) is 35.9 Å². The normalized spacial score (nSPS) is 11.8. The Kier molecular flexibility index (Phi) is 8.25. The van der Waals surface area contributed by atoms with E-state index in [-0.39, 0.29) is 18.4 Å². The molecule has 0 saturated heterocycles. The molecule has 2 aromatic rings. The molecule has 0 aliphatic carbocycles. The van der Waals surface area contributed by atoms with Gasteiger partial charge in [0.25, 0.3) is 5.91 Å². The first-order valence-electron chi connectivity index (χ1n) is 10.1. The van der Waals surface area contributed by atoms with Crippen molar-refractivity contribution in [3.05, 3.63) is 65.2 Å². The highest BCUT2D eigenvalue weighted by Gasteiger charge is 2.26. The fourth-order valence-corrected chi connectivity index (χ4v) is 2.90. The minimum atomic E-state index is -0.594. The van der Waals surface area contributed by atoms with Crippen molar-refractivity contribution in [1.82, 2.24) is 10.2 Å². The lowest BCUT2D eigenvalue weighted by atomic mass is 10.1. The molecule has 29 heavy (non-hydrogen) atoms. The van der Waals surface area contributed by atoms with Gasteiger partial charge in [0.05, 0.1) is 0 Å². The van der Waals surface area contributed by atoms with Gasteiger partial charge in [0, 0.05) is 13.1 Å². The van der Waals surface area contributed by atoms with Gasteiger partial charge in [-0.1, -0.05) is 61.4 Å².